The number of rotatable bonds is 8. The van der Waals surface area contributed by atoms with Gasteiger partial charge in [-0.1, -0.05) is 12.2 Å². The quantitative estimate of drug-likeness (QED) is 0.391. The molecule has 6 heteroatoms. The molecule has 1 aliphatic carbocycles. The summed E-state index contributed by atoms with van der Waals surface area (Å²) < 4.78 is 5.26. The number of aliphatic imine (C=N–C) groups is 1. The molecule has 1 fully saturated rings. The van der Waals surface area contributed by atoms with Crippen molar-refractivity contribution >= 4 is 11.9 Å². The number of carbonyl (C=O) groups is 1. The van der Waals surface area contributed by atoms with Gasteiger partial charge in [-0.05, 0) is 25.7 Å². The minimum absolute atomic E-state index is 0.0267. The molecule has 120 valence electrons. The molecule has 0 aromatic carbocycles. The largest absolute Gasteiger partial charge is 0.383 e. The Morgan fingerprint density at radius 2 is 2.14 bits per heavy atom. The summed E-state index contributed by atoms with van der Waals surface area (Å²) in [6, 6.07) is 0.237. The fraction of sp³-hybridized carbons (Fsp3) is 0.733. The zero-order valence-corrected chi connectivity index (χ0v) is 13.6. The zero-order valence-electron chi connectivity index (χ0n) is 13.6. The van der Waals surface area contributed by atoms with Crippen LogP contribution >= 0.6 is 0 Å². The van der Waals surface area contributed by atoms with E-state index in [1.54, 1.807) is 21.2 Å². The normalized spacial score (nSPS) is 16.3. The van der Waals surface area contributed by atoms with Gasteiger partial charge in [0.15, 0.2) is 5.96 Å². The highest BCUT2D eigenvalue weighted by atomic mass is 16.5. The van der Waals surface area contributed by atoms with E-state index in [2.05, 4.69) is 22.2 Å². The summed E-state index contributed by atoms with van der Waals surface area (Å²) in [5.74, 6) is 1.25. The molecule has 1 aliphatic rings. The molecule has 2 N–H and O–H groups in total. The van der Waals surface area contributed by atoms with Crippen molar-refractivity contribution in [3.63, 3.8) is 0 Å². The maximum Gasteiger partial charge on any atom is 0.243 e. The van der Waals surface area contributed by atoms with E-state index in [-0.39, 0.29) is 18.5 Å². The molecule has 1 amide bonds. The van der Waals surface area contributed by atoms with E-state index in [0.717, 1.165) is 5.57 Å². The summed E-state index contributed by atoms with van der Waals surface area (Å²) in [7, 11) is 5.15. The lowest BCUT2D eigenvalue weighted by molar-refractivity contribution is -0.127. The van der Waals surface area contributed by atoms with Gasteiger partial charge in [0.1, 0.15) is 6.54 Å². The van der Waals surface area contributed by atoms with Crippen molar-refractivity contribution in [1.82, 2.24) is 15.5 Å². The second-order valence-corrected chi connectivity index (χ2v) is 5.81. The Labute approximate surface area is 127 Å². The topological polar surface area (TPSA) is 66.0 Å². The van der Waals surface area contributed by atoms with Crippen LogP contribution < -0.4 is 10.6 Å². The molecule has 0 aromatic heterocycles. The first-order valence-electron chi connectivity index (χ1n) is 7.32. The highest BCUT2D eigenvalue weighted by Crippen LogP contribution is 2.32. The number of likely N-dealkylation sites (N-methyl/N-ethyl adjacent to an activating group) is 1. The van der Waals surface area contributed by atoms with Crippen LogP contribution in [0.15, 0.2) is 17.1 Å². The van der Waals surface area contributed by atoms with Crippen LogP contribution in [0.2, 0.25) is 0 Å². The van der Waals surface area contributed by atoms with Gasteiger partial charge < -0.3 is 20.3 Å². The third-order valence-electron chi connectivity index (χ3n) is 3.29. The number of guanidine groups is 1. The van der Waals surface area contributed by atoms with E-state index < -0.39 is 0 Å². The minimum Gasteiger partial charge on any atom is -0.383 e. The van der Waals surface area contributed by atoms with Gasteiger partial charge in [0.05, 0.1) is 12.6 Å². The van der Waals surface area contributed by atoms with E-state index in [1.165, 1.54) is 17.7 Å². The lowest BCUT2D eigenvalue weighted by Crippen LogP contribution is -2.47. The zero-order chi connectivity index (χ0) is 15.8. The van der Waals surface area contributed by atoms with Crippen molar-refractivity contribution in [2.75, 3.05) is 40.9 Å². The van der Waals surface area contributed by atoms with Crippen molar-refractivity contribution in [1.29, 1.82) is 0 Å². The van der Waals surface area contributed by atoms with E-state index in [1.807, 2.05) is 6.92 Å². The van der Waals surface area contributed by atoms with Crippen molar-refractivity contribution in [2.24, 2.45) is 10.9 Å². The van der Waals surface area contributed by atoms with Crippen LogP contribution in [-0.2, 0) is 9.53 Å². The Balaban J connectivity index is 2.63. The monoisotopic (exact) mass is 296 g/mol. The van der Waals surface area contributed by atoms with Gasteiger partial charge in [0.2, 0.25) is 5.91 Å². The van der Waals surface area contributed by atoms with Gasteiger partial charge in [-0.15, -0.1) is 0 Å². The molecular weight excluding hydrogens is 268 g/mol. The Bertz CT molecular complexity index is 389. The second kappa shape index (κ2) is 8.67. The molecule has 6 nitrogen and oxygen atoms in total. The molecular formula is C15H28N4O2. The first-order valence-corrected chi connectivity index (χ1v) is 7.32. The lowest BCUT2D eigenvalue weighted by Gasteiger charge is -2.21. The standard InChI is InChI=1S/C15H28N4O2/c1-11(2)8-16-15(17-9-14(20)19(3)4)18-13(10-21-5)12-6-7-12/h12-13H,1,6-10H2,2-5H3,(H2,16,17,18). The van der Waals surface area contributed by atoms with Gasteiger partial charge in [-0.25, -0.2) is 4.99 Å². The number of methoxy groups -OCH3 is 1. The third kappa shape index (κ3) is 7.13. The first kappa shape index (κ1) is 17.5. The van der Waals surface area contributed by atoms with Gasteiger partial charge in [0, 0.05) is 27.7 Å². The summed E-state index contributed by atoms with van der Waals surface area (Å²) >= 11 is 0. The number of hydrogen-bond donors (Lipinski definition) is 2. The van der Waals surface area contributed by atoms with E-state index in [4.69, 9.17) is 4.74 Å². The van der Waals surface area contributed by atoms with Gasteiger partial charge in [-0.3, -0.25) is 4.79 Å². The van der Waals surface area contributed by atoms with Crippen molar-refractivity contribution in [2.45, 2.75) is 25.8 Å². The van der Waals surface area contributed by atoms with E-state index in [9.17, 15) is 4.79 Å². The molecule has 21 heavy (non-hydrogen) atoms. The number of hydrogen-bond acceptors (Lipinski definition) is 3. The van der Waals surface area contributed by atoms with Crippen molar-refractivity contribution in [3.8, 4) is 0 Å². The van der Waals surface area contributed by atoms with Crippen LogP contribution in [0.4, 0.5) is 0 Å². The molecule has 0 bridgehead atoms. The van der Waals surface area contributed by atoms with Crippen LogP contribution in [0, 0.1) is 5.92 Å². The summed E-state index contributed by atoms with van der Waals surface area (Å²) in [4.78, 5) is 17.6. The van der Waals surface area contributed by atoms with Crippen LogP contribution in [0.5, 0.6) is 0 Å². The SMILES string of the molecule is C=C(C)CNC(=NCC(=O)N(C)C)NC(COC)C1CC1. The van der Waals surface area contributed by atoms with E-state index >= 15 is 0 Å². The predicted octanol–water partition coefficient (Wildman–Crippen LogP) is 0.611. The van der Waals surface area contributed by atoms with Gasteiger partial charge >= 0.3 is 0 Å². The molecule has 1 unspecified atom stereocenters. The molecule has 0 saturated heterocycles. The third-order valence-corrected chi connectivity index (χ3v) is 3.29. The number of carbonyl (C=O) groups excluding carboxylic acids is 1. The average Bonchev–Trinajstić information content (AvgIpc) is 3.24. The number of amides is 1. The number of nitrogens with one attached hydrogen (secondary N) is 2. The van der Waals surface area contributed by atoms with Crippen LogP contribution in [-0.4, -0.2) is 63.7 Å². The van der Waals surface area contributed by atoms with Crippen LogP contribution in [0.3, 0.4) is 0 Å². The van der Waals surface area contributed by atoms with Crippen LogP contribution in [0.1, 0.15) is 19.8 Å². The maximum atomic E-state index is 11.7. The molecule has 0 spiro atoms. The summed E-state index contributed by atoms with van der Waals surface area (Å²) in [5, 5.41) is 6.57. The van der Waals surface area contributed by atoms with Crippen molar-refractivity contribution in [3.05, 3.63) is 12.2 Å². The van der Waals surface area contributed by atoms with E-state index in [0.29, 0.717) is 25.0 Å². The Hall–Kier alpha value is -1.56. The molecule has 1 atom stereocenters. The molecule has 1 rings (SSSR count). The molecule has 0 radical (unpaired) electrons. The minimum atomic E-state index is -0.0267. The first-order chi connectivity index (χ1) is 9.93. The highest BCUT2D eigenvalue weighted by Gasteiger charge is 2.31. The Morgan fingerprint density at radius 1 is 1.48 bits per heavy atom. The summed E-state index contributed by atoms with van der Waals surface area (Å²) in [5.41, 5.74) is 1.01. The fourth-order valence-corrected chi connectivity index (χ4v) is 1.82. The molecule has 0 aromatic rings. The van der Waals surface area contributed by atoms with Gasteiger partial charge in [0.25, 0.3) is 0 Å². The van der Waals surface area contributed by atoms with Crippen LogP contribution in [0.25, 0.3) is 0 Å². The lowest BCUT2D eigenvalue weighted by atomic mass is 10.2. The smallest absolute Gasteiger partial charge is 0.243 e. The molecule has 1 saturated carbocycles. The maximum absolute atomic E-state index is 11.7. The van der Waals surface area contributed by atoms with Gasteiger partial charge in [-0.2, -0.15) is 0 Å². The average molecular weight is 296 g/mol. The second-order valence-electron chi connectivity index (χ2n) is 5.81. The number of ether oxygens (including phenoxy) is 1. The summed E-state index contributed by atoms with van der Waals surface area (Å²) in [6.07, 6.45) is 2.43. The Kier molecular flexibility index (Phi) is 7.22. The molecule has 0 heterocycles. The Morgan fingerprint density at radius 3 is 2.62 bits per heavy atom. The summed E-state index contributed by atoms with van der Waals surface area (Å²) in [6.45, 7) is 7.21. The number of nitrogens with zero attached hydrogens (tertiary/aromatic N) is 2. The molecule has 0 aliphatic heterocycles. The van der Waals surface area contributed by atoms with Crippen molar-refractivity contribution < 1.29 is 9.53 Å². The fourth-order valence-electron chi connectivity index (χ4n) is 1.82. The predicted molar refractivity (Wildman–Crippen MR) is 85.3 cm³/mol. The highest BCUT2D eigenvalue weighted by molar-refractivity contribution is 5.85.